The molecule has 0 nitrogen and oxygen atoms in total. The van der Waals surface area contributed by atoms with Gasteiger partial charge in [0.25, 0.3) is 0 Å². The van der Waals surface area contributed by atoms with Crippen molar-refractivity contribution in [3.63, 3.8) is 0 Å². The Balaban J connectivity index is 0.000000261. The molecule has 0 fully saturated rings. The molecule has 2 aromatic carbocycles. The molecule has 100 valence electrons. The monoisotopic (exact) mass is 396 g/mol. The predicted octanol–water partition coefficient (Wildman–Crippen LogP) is 4.56. The first kappa shape index (κ1) is 18.7. The normalized spacial score (nSPS) is 8.47. The Bertz CT molecular complexity index is 351. The van der Waals surface area contributed by atoms with Gasteiger partial charge in [-0.15, -0.1) is 0 Å². The first-order valence-corrected chi connectivity index (χ1v) is 8.87. The summed E-state index contributed by atoms with van der Waals surface area (Å²) in [4.78, 5) is 1.81. The van der Waals surface area contributed by atoms with Crippen molar-refractivity contribution in [2.75, 3.05) is 0 Å². The number of hydrogen-bond acceptors (Lipinski definition) is 2. The average molecular weight is 397 g/mol. The van der Waals surface area contributed by atoms with Crippen LogP contribution in [0, 0.1) is 0 Å². The van der Waals surface area contributed by atoms with Crippen molar-refractivity contribution in [1.29, 1.82) is 0 Å². The van der Waals surface area contributed by atoms with Gasteiger partial charge < -0.3 is 25.3 Å². The van der Waals surface area contributed by atoms with E-state index < -0.39 is 0 Å². The second-order valence-electron chi connectivity index (χ2n) is 3.70. The van der Waals surface area contributed by atoms with E-state index in [2.05, 4.69) is 6.92 Å². The van der Waals surface area contributed by atoms with Gasteiger partial charge in [-0.25, -0.2) is 0 Å². The molecule has 0 spiro atoms. The summed E-state index contributed by atoms with van der Waals surface area (Å²) in [6, 6.07) is 19.2. The van der Waals surface area contributed by atoms with E-state index in [-0.39, 0.29) is 0 Å². The van der Waals surface area contributed by atoms with Crippen molar-refractivity contribution in [2.45, 2.75) is 33.9 Å². The Morgan fingerprint density at radius 1 is 0.789 bits per heavy atom. The fraction of sp³-hybridized carbons (Fsp3) is 0.250. The van der Waals surface area contributed by atoms with E-state index in [1.165, 1.54) is 17.2 Å². The van der Waals surface area contributed by atoms with E-state index in [1.807, 2.05) is 83.7 Å². The van der Waals surface area contributed by atoms with Gasteiger partial charge in [0.05, 0.1) is 0 Å². The third-order valence-electron chi connectivity index (χ3n) is 2.00. The number of rotatable bonds is 2. The summed E-state index contributed by atoms with van der Waals surface area (Å²) in [5.41, 5.74) is 0. The number of hydrogen-bond donors (Lipinski definition) is 0. The van der Waals surface area contributed by atoms with Gasteiger partial charge in [0.2, 0.25) is 0 Å². The second kappa shape index (κ2) is 14.1. The van der Waals surface area contributed by atoms with Crippen molar-refractivity contribution in [3.05, 3.63) is 60.7 Å². The van der Waals surface area contributed by atoms with Gasteiger partial charge in [-0.3, -0.25) is 0 Å². The molecule has 19 heavy (non-hydrogen) atoms. The standard InChI is InChI=1S/2C6H6S.C4H9.Sb/c2*7-6-4-2-1-3-5-6;1-3-4-2;/h2*1-5,7H;1,3-4H2,2H3;/q;;;+2/p-2. The van der Waals surface area contributed by atoms with Crippen molar-refractivity contribution >= 4 is 48.3 Å². The van der Waals surface area contributed by atoms with Gasteiger partial charge in [-0.2, -0.15) is 9.79 Å². The molecule has 0 heterocycles. The first-order valence-electron chi connectivity index (χ1n) is 6.25. The first-order chi connectivity index (χ1) is 9.20. The number of unbranched alkanes of at least 4 members (excludes halogenated alkanes) is 1. The molecule has 2 aromatic rings. The van der Waals surface area contributed by atoms with Crippen LogP contribution in [0.4, 0.5) is 0 Å². The minimum absolute atomic E-state index is 0.905. The zero-order chi connectivity index (χ0) is 14.3. The molecule has 2 radical (unpaired) electrons. The van der Waals surface area contributed by atoms with Crippen molar-refractivity contribution < 1.29 is 0 Å². The van der Waals surface area contributed by atoms with Crippen LogP contribution in [-0.2, 0) is 25.3 Å². The van der Waals surface area contributed by atoms with Gasteiger partial charge in [-0.05, 0) is 0 Å². The summed E-state index contributed by atoms with van der Waals surface area (Å²) < 4.78 is 1.39. The predicted molar refractivity (Wildman–Crippen MR) is 89.6 cm³/mol. The molecule has 0 amide bonds. The summed E-state index contributed by atoms with van der Waals surface area (Å²) >= 11 is 11.5. The molecule has 0 saturated heterocycles. The molecule has 2 rings (SSSR count). The zero-order valence-corrected chi connectivity index (χ0v) is 15.3. The van der Waals surface area contributed by atoms with Gasteiger partial charge in [0.15, 0.2) is 0 Å². The topological polar surface area (TPSA) is 0 Å². The van der Waals surface area contributed by atoms with Gasteiger partial charge in [-0.1, -0.05) is 60.7 Å². The Labute approximate surface area is 142 Å². The van der Waals surface area contributed by atoms with Gasteiger partial charge in [0.1, 0.15) is 0 Å². The molecule has 0 aliphatic rings. The Morgan fingerprint density at radius 3 is 1.26 bits per heavy atom. The Morgan fingerprint density at radius 2 is 1.16 bits per heavy atom. The zero-order valence-electron chi connectivity index (χ0n) is 11.2. The van der Waals surface area contributed by atoms with Crippen LogP contribution in [0.1, 0.15) is 19.8 Å². The minimum atomic E-state index is 0.905. The maximum Gasteiger partial charge on any atom is -0.0624 e. The van der Waals surface area contributed by atoms with Crippen molar-refractivity contribution in [2.24, 2.45) is 0 Å². The smallest absolute Gasteiger partial charge is 0.0624 e. The maximum atomic E-state index is 4.81. The number of benzene rings is 2. The quantitative estimate of drug-likeness (QED) is 0.539. The van der Waals surface area contributed by atoms with Crippen molar-refractivity contribution in [3.8, 4) is 0 Å². The molecule has 3 heteroatoms. The summed E-state index contributed by atoms with van der Waals surface area (Å²) in [5.74, 6) is 0. The molecule has 0 saturated carbocycles. The van der Waals surface area contributed by atoms with Crippen LogP contribution < -0.4 is 0 Å². The fourth-order valence-corrected chi connectivity index (χ4v) is 2.22. The maximum absolute atomic E-state index is 4.81. The van der Waals surface area contributed by atoms with E-state index in [0.29, 0.717) is 0 Å². The second-order valence-corrected chi connectivity index (χ2v) is 5.92. The largest absolute Gasteiger partial charge is 0.780 e. The minimum Gasteiger partial charge on any atom is -0.780 e. The van der Waals surface area contributed by atoms with Crippen LogP contribution in [0.2, 0.25) is 4.37 Å². The van der Waals surface area contributed by atoms with Crippen LogP contribution in [0.15, 0.2) is 70.5 Å². The molecule has 0 aromatic heterocycles. The van der Waals surface area contributed by atoms with Gasteiger partial charge >= 0.3 is 47.2 Å². The van der Waals surface area contributed by atoms with Crippen LogP contribution in [0.25, 0.3) is 0 Å². The molecule has 0 N–H and O–H groups in total. The third-order valence-corrected chi connectivity index (χ3v) is 3.44. The van der Waals surface area contributed by atoms with E-state index in [9.17, 15) is 0 Å². The molecule has 0 aliphatic heterocycles. The fourth-order valence-electron chi connectivity index (χ4n) is 0.999. The van der Waals surface area contributed by atoms with Crippen LogP contribution in [-0.4, -0.2) is 23.0 Å². The Hall–Kier alpha value is -0.302. The van der Waals surface area contributed by atoms with Crippen LogP contribution in [0.5, 0.6) is 0 Å². The molecule has 0 unspecified atom stereocenters. The average Bonchev–Trinajstić information content (AvgIpc) is 2.43. The molecule has 0 aliphatic carbocycles. The molecule has 0 atom stereocenters. The summed E-state index contributed by atoms with van der Waals surface area (Å²) in [7, 11) is 0. The van der Waals surface area contributed by atoms with Crippen LogP contribution in [0.3, 0.4) is 0 Å². The van der Waals surface area contributed by atoms with E-state index in [1.54, 1.807) is 0 Å². The van der Waals surface area contributed by atoms with Crippen LogP contribution >= 0.6 is 0 Å². The molecule has 0 bridgehead atoms. The van der Waals surface area contributed by atoms with E-state index in [4.69, 9.17) is 25.3 Å². The SMILES string of the molecule is CCC[CH2][Sb+2].[S-]c1ccccc1.[S-]c1ccccc1. The third kappa shape index (κ3) is 13.9. The molecular weight excluding hydrogens is 378 g/mol. The summed E-state index contributed by atoms with van der Waals surface area (Å²) in [6.07, 6.45) is 2.77. The van der Waals surface area contributed by atoms with E-state index in [0.717, 1.165) is 9.79 Å². The molecular formula is C16H19S2Sb. The van der Waals surface area contributed by atoms with E-state index >= 15 is 0 Å². The summed E-state index contributed by atoms with van der Waals surface area (Å²) in [6.45, 7) is 2.22. The Kier molecular flexibility index (Phi) is 13.9. The van der Waals surface area contributed by atoms with Gasteiger partial charge in [0, 0.05) is 0 Å². The van der Waals surface area contributed by atoms with Crippen molar-refractivity contribution in [1.82, 2.24) is 0 Å². The summed E-state index contributed by atoms with van der Waals surface area (Å²) in [5, 5.41) is 0.